The summed E-state index contributed by atoms with van der Waals surface area (Å²) in [5.41, 5.74) is 10.6. The quantitative estimate of drug-likeness (QED) is 0.152. The molecule has 1 heterocycles. The molecule has 1 aromatic carbocycles. The highest BCUT2D eigenvalue weighted by Gasteiger charge is 2.45. The predicted octanol–water partition coefficient (Wildman–Crippen LogP) is 3.04. The number of nitrogens with two attached hydrogens (primary N) is 2. The molecule has 1 aliphatic rings. The molecule has 0 saturated heterocycles. The van der Waals surface area contributed by atoms with E-state index in [-0.39, 0.29) is 23.6 Å². The molecule has 1 aromatic heterocycles. The number of hydrogen-bond acceptors (Lipinski definition) is 6. The number of guanidine groups is 1. The first-order chi connectivity index (χ1) is 15.4. The van der Waals surface area contributed by atoms with Crippen LogP contribution in [0.3, 0.4) is 0 Å². The smallest absolute Gasteiger partial charge is 0.224 e. The average Bonchev–Trinajstić information content (AvgIpc) is 3.50. The largest absolute Gasteiger partial charge is 0.370 e. The number of aliphatic imine (C=N–C) groups is 1. The minimum absolute atomic E-state index is 0.0105. The number of thiocarbonyl (C=S) groups is 1. The van der Waals surface area contributed by atoms with E-state index in [1.54, 1.807) is 11.6 Å². The molecular formula is C23H29N5O2S2. The summed E-state index contributed by atoms with van der Waals surface area (Å²) in [7, 11) is 0. The molecule has 32 heavy (non-hydrogen) atoms. The van der Waals surface area contributed by atoms with Gasteiger partial charge in [0.25, 0.3) is 0 Å². The predicted molar refractivity (Wildman–Crippen MR) is 132 cm³/mol. The lowest BCUT2D eigenvalue weighted by atomic mass is 9.81. The molecule has 1 fully saturated rings. The van der Waals surface area contributed by atoms with Crippen molar-refractivity contribution in [3.8, 4) is 0 Å². The summed E-state index contributed by atoms with van der Waals surface area (Å²) in [5.74, 6) is -0.506. The highest BCUT2D eigenvalue weighted by atomic mass is 32.1. The molecule has 0 radical (unpaired) electrons. The van der Waals surface area contributed by atoms with Crippen LogP contribution in [0.2, 0.25) is 0 Å². The third-order valence-electron chi connectivity index (χ3n) is 5.76. The van der Waals surface area contributed by atoms with Crippen molar-refractivity contribution in [3.05, 3.63) is 52.5 Å². The Labute approximate surface area is 197 Å². The van der Waals surface area contributed by atoms with Gasteiger partial charge < -0.3 is 16.8 Å². The number of hydrogen-bond donors (Lipinski definition) is 3. The lowest BCUT2D eigenvalue weighted by molar-refractivity contribution is -0.125. The standard InChI is InChI=1S/C23H29N5O2S2/c24-22(25)27-12-6-11-23(19(29)21-26-13-14-32-21,28-20(30)17-9-4-5-10-17)18(31)15-16-7-2-1-3-8-16/h1-3,7-8,13-14,17H,4-6,9-12,15H2,(H,28,30)(H4,24,25,27)/t23-/m1/s1. The SMILES string of the molecule is NC(N)=NCCC[C@](NC(=O)C1CCCC1)(C(=O)c1nccs1)C(=S)Cc1ccccc1. The van der Waals surface area contributed by atoms with Gasteiger partial charge in [-0.1, -0.05) is 55.4 Å². The Bertz CT molecular complexity index is 952. The number of carbonyl (C=O) groups excluding carboxylic acids is 2. The van der Waals surface area contributed by atoms with Crippen LogP contribution < -0.4 is 16.8 Å². The van der Waals surface area contributed by atoms with E-state index in [2.05, 4.69) is 15.3 Å². The Kier molecular flexibility index (Phi) is 8.46. The zero-order chi connectivity index (χ0) is 23.0. The number of nitrogens with one attached hydrogen (secondary N) is 1. The fourth-order valence-electron chi connectivity index (χ4n) is 4.07. The average molecular weight is 472 g/mol. The zero-order valence-corrected chi connectivity index (χ0v) is 19.6. The highest BCUT2D eigenvalue weighted by molar-refractivity contribution is 7.80. The molecule has 170 valence electrons. The summed E-state index contributed by atoms with van der Waals surface area (Å²) >= 11 is 7.12. The molecule has 0 unspecified atom stereocenters. The van der Waals surface area contributed by atoms with E-state index in [1.165, 1.54) is 11.3 Å². The van der Waals surface area contributed by atoms with Gasteiger partial charge in [0.05, 0.1) is 0 Å². The van der Waals surface area contributed by atoms with Gasteiger partial charge in [0.1, 0.15) is 5.54 Å². The van der Waals surface area contributed by atoms with Gasteiger partial charge in [-0.05, 0) is 31.2 Å². The number of ketones is 1. The minimum Gasteiger partial charge on any atom is -0.370 e. The molecule has 7 nitrogen and oxygen atoms in total. The number of carbonyl (C=O) groups is 2. The second-order valence-electron chi connectivity index (χ2n) is 8.04. The van der Waals surface area contributed by atoms with Crippen molar-refractivity contribution in [2.75, 3.05) is 6.54 Å². The van der Waals surface area contributed by atoms with Crippen molar-refractivity contribution in [3.63, 3.8) is 0 Å². The second-order valence-corrected chi connectivity index (χ2v) is 9.43. The maximum atomic E-state index is 13.8. The van der Waals surface area contributed by atoms with Crippen LogP contribution in [0.25, 0.3) is 0 Å². The molecule has 9 heteroatoms. The van der Waals surface area contributed by atoms with Gasteiger partial charge in [0.2, 0.25) is 11.7 Å². The fraction of sp³-hybridized carbons (Fsp3) is 0.435. The molecule has 0 bridgehead atoms. The van der Waals surface area contributed by atoms with Gasteiger partial charge >= 0.3 is 0 Å². The minimum atomic E-state index is -1.35. The normalized spacial score (nSPS) is 15.6. The van der Waals surface area contributed by atoms with Crippen LogP contribution in [0, 0.1) is 5.92 Å². The lowest BCUT2D eigenvalue weighted by Crippen LogP contribution is -2.61. The van der Waals surface area contributed by atoms with E-state index in [4.69, 9.17) is 23.7 Å². The van der Waals surface area contributed by atoms with E-state index in [9.17, 15) is 9.59 Å². The number of aromatic nitrogens is 1. The molecule has 1 amide bonds. The molecule has 3 rings (SSSR count). The summed E-state index contributed by atoms with van der Waals surface area (Å²) in [6.45, 7) is 0.336. The van der Waals surface area contributed by atoms with Gasteiger partial charge in [0.15, 0.2) is 11.0 Å². The van der Waals surface area contributed by atoms with Crippen LogP contribution in [0.1, 0.15) is 53.9 Å². The van der Waals surface area contributed by atoms with Crippen molar-refractivity contribution >= 4 is 46.1 Å². The molecule has 1 atom stereocenters. The molecule has 0 aliphatic heterocycles. The Morgan fingerprint density at radius 2 is 1.94 bits per heavy atom. The summed E-state index contributed by atoms with van der Waals surface area (Å²) in [6, 6.07) is 9.71. The van der Waals surface area contributed by atoms with Crippen LogP contribution in [0.15, 0.2) is 46.9 Å². The number of nitrogens with zero attached hydrogens (tertiary/aromatic N) is 2. The van der Waals surface area contributed by atoms with E-state index in [0.717, 1.165) is 31.2 Å². The number of benzene rings is 1. The maximum absolute atomic E-state index is 13.8. The highest BCUT2D eigenvalue weighted by Crippen LogP contribution is 2.29. The van der Waals surface area contributed by atoms with Gasteiger partial charge in [0, 0.05) is 35.3 Å². The molecular weight excluding hydrogens is 442 g/mol. The first-order valence-corrected chi connectivity index (χ1v) is 12.1. The topological polar surface area (TPSA) is 123 Å². The number of amides is 1. The third-order valence-corrected chi connectivity index (χ3v) is 7.03. The summed E-state index contributed by atoms with van der Waals surface area (Å²) in [5, 5.41) is 5.17. The van der Waals surface area contributed by atoms with Gasteiger partial charge in [-0.15, -0.1) is 11.3 Å². The Balaban J connectivity index is 1.96. The molecule has 1 saturated carbocycles. The van der Waals surface area contributed by atoms with Gasteiger partial charge in [-0.25, -0.2) is 4.98 Å². The van der Waals surface area contributed by atoms with Crippen molar-refractivity contribution in [1.82, 2.24) is 10.3 Å². The summed E-state index contributed by atoms with van der Waals surface area (Å²) < 4.78 is 0. The monoisotopic (exact) mass is 471 g/mol. The summed E-state index contributed by atoms with van der Waals surface area (Å²) in [6.07, 6.45) is 6.44. The first kappa shape index (κ1) is 24.0. The fourth-order valence-corrected chi connectivity index (χ4v) is 5.14. The Morgan fingerprint density at radius 3 is 2.56 bits per heavy atom. The van der Waals surface area contributed by atoms with Gasteiger partial charge in [-0.2, -0.15) is 0 Å². The lowest BCUT2D eigenvalue weighted by Gasteiger charge is -2.35. The first-order valence-electron chi connectivity index (χ1n) is 10.8. The third kappa shape index (κ3) is 5.98. The second kappa shape index (κ2) is 11.3. The van der Waals surface area contributed by atoms with Crippen molar-refractivity contribution in [2.24, 2.45) is 22.4 Å². The zero-order valence-electron chi connectivity index (χ0n) is 18.0. The van der Waals surface area contributed by atoms with Crippen LogP contribution >= 0.6 is 23.6 Å². The van der Waals surface area contributed by atoms with Crippen LogP contribution in [-0.2, 0) is 11.2 Å². The van der Waals surface area contributed by atoms with Crippen LogP contribution in [0.5, 0.6) is 0 Å². The van der Waals surface area contributed by atoms with Gasteiger partial charge in [-0.3, -0.25) is 14.6 Å². The maximum Gasteiger partial charge on any atom is 0.224 e. The van der Waals surface area contributed by atoms with Crippen molar-refractivity contribution < 1.29 is 9.59 Å². The summed E-state index contributed by atoms with van der Waals surface area (Å²) in [4.78, 5) is 35.8. The molecule has 1 aliphatic carbocycles. The number of rotatable bonds is 11. The van der Waals surface area contributed by atoms with E-state index in [0.29, 0.717) is 35.7 Å². The molecule has 2 aromatic rings. The van der Waals surface area contributed by atoms with Crippen molar-refractivity contribution in [1.29, 1.82) is 0 Å². The van der Waals surface area contributed by atoms with E-state index in [1.807, 2.05) is 30.3 Å². The number of thiazole rings is 1. The Hall–Kier alpha value is -2.65. The Morgan fingerprint density at radius 1 is 1.22 bits per heavy atom. The van der Waals surface area contributed by atoms with E-state index >= 15 is 0 Å². The molecule has 0 spiro atoms. The van der Waals surface area contributed by atoms with E-state index < -0.39 is 5.54 Å². The van der Waals surface area contributed by atoms with Crippen molar-refractivity contribution in [2.45, 2.75) is 50.5 Å². The molecule has 5 N–H and O–H groups in total. The van der Waals surface area contributed by atoms with Crippen LogP contribution in [0.4, 0.5) is 0 Å². The van der Waals surface area contributed by atoms with Crippen LogP contribution in [-0.4, -0.2) is 39.6 Å². The number of Topliss-reactive ketones (excluding diaryl/α,β-unsaturated/α-hetero) is 1.